The zero-order valence-electron chi connectivity index (χ0n) is 11.1. The van der Waals surface area contributed by atoms with E-state index in [1.54, 1.807) is 0 Å². The van der Waals surface area contributed by atoms with E-state index in [1.165, 1.54) is 0 Å². The molecule has 0 aliphatic heterocycles. The van der Waals surface area contributed by atoms with Crippen LogP contribution in [0.3, 0.4) is 0 Å². The van der Waals surface area contributed by atoms with Gasteiger partial charge in [-0.3, -0.25) is 5.10 Å². The van der Waals surface area contributed by atoms with E-state index in [0.717, 1.165) is 22.5 Å². The van der Waals surface area contributed by atoms with Gasteiger partial charge >= 0.3 is 0 Å². The Hall–Kier alpha value is -2.37. The van der Waals surface area contributed by atoms with E-state index in [1.807, 2.05) is 60.7 Å². The molecule has 3 aromatic rings. The molecule has 0 saturated heterocycles. The van der Waals surface area contributed by atoms with Gasteiger partial charge in [-0.1, -0.05) is 60.7 Å². The maximum absolute atomic E-state index is 5.08. The van der Waals surface area contributed by atoms with Crippen LogP contribution in [-0.4, -0.2) is 15.2 Å². The van der Waals surface area contributed by atoms with Crippen LogP contribution in [0.5, 0.6) is 0 Å². The average molecular weight is 283 g/mol. The molecule has 0 bridgehead atoms. The highest BCUT2D eigenvalue weighted by Gasteiger charge is 2.10. The van der Waals surface area contributed by atoms with Gasteiger partial charge in [0.15, 0.2) is 0 Å². The van der Waals surface area contributed by atoms with Crippen LogP contribution >= 0.6 is 12.2 Å². The van der Waals surface area contributed by atoms with Crippen molar-refractivity contribution >= 4 is 12.2 Å². The number of hydrogen-bond acceptors (Lipinski definition) is 3. The molecule has 3 rings (SSSR count). The van der Waals surface area contributed by atoms with Crippen LogP contribution in [0, 0.1) is 4.77 Å². The number of nitrogens with one attached hydrogen (secondary N) is 1. The first-order valence-corrected chi connectivity index (χ1v) is 6.33. The van der Waals surface area contributed by atoms with Gasteiger partial charge in [-0.05, 0) is 12.2 Å². The Labute approximate surface area is 122 Å². The number of aromatic amines is 1. The predicted molar refractivity (Wildman–Crippen MR) is 84.1 cm³/mol. The predicted octanol–water partition coefficient (Wildman–Crippen LogP) is 4.24. The number of H-pyrrole nitrogens is 1. The first kappa shape index (κ1) is 14.0. The summed E-state index contributed by atoms with van der Waals surface area (Å²) in [7, 11) is 0. The topological polar surface area (TPSA) is 78.1 Å². The fourth-order valence-electron chi connectivity index (χ4n) is 1.93. The number of rotatable bonds is 2. The Bertz CT molecular complexity index is 739. The van der Waals surface area contributed by atoms with Gasteiger partial charge < -0.3 is 6.15 Å². The van der Waals surface area contributed by atoms with Gasteiger partial charge in [0.25, 0.3) is 0 Å². The third-order valence-electron chi connectivity index (χ3n) is 2.80. The molecule has 0 aliphatic carbocycles. The van der Waals surface area contributed by atoms with Crippen molar-refractivity contribution in [2.45, 2.75) is 0 Å². The lowest BCUT2D eigenvalue weighted by Gasteiger charge is -2.07. The fourth-order valence-corrected chi connectivity index (χ4v) is 2.07. The summed E-state index contributed by atoms with van der Waals surface area (Å²) in [6.45, 7) is 0. The number of aromatic nitrogens is 3. The van der Waals surface area contributed by atoms with E-state index in [0.29, 0.717) is 4.77 Å². The molecule has 0 atom stereocenters. The molecule has 20 heavy (non-hydrogen) atoms. The first-order chi connectivity index (χ1) is 9.34. The molecule has 0 unspecified atom stereocenters. The molecule has 0 fully saturated rings. The molecule has 1 heterocycles. The lowest BCUT2D eigenvalue weighted by Crippen LogP contribution is -1.96. The highest BCUT2D eigenvalue weighted by Crippen LogP contribution is 2.27. The molecule has 0 saturated carbocycles. The number of nitrogens with zero attached hydrogens (tertiary/aromatic N) is 2. The Morgan fingerprint density at radius 3 is 1.80 bits per heavy atom. The van der Waals surface area contributed by atoms with Crippen molar-refractivity contribution in [2.75, 3.05) is 0 Å². The van der Waals surface area contributed by atoms with Crippen molar-refractivity contribution < 1.29 is 0 Å². The standard InChI is InChI=1S/C15H11N3S.H3N/c19-15-16-13(11-7-3-1-4-8-11)14(17-18-15)12-9-5-2-6-10-12;/h1-10H,(H,16,18,19);1H3/p+1. The van der Waals surface area contributed by atoms with Crippen molar-refractivity contribution in [1.29, 1.82) is 0 Å². The van der Waals surface area contributed by atoms with Crippen LogP contribution in [0.4, 0.5) is 0 Å². The summed E-state index contributed by atoms with van der Waals surface area (Å²) in [6, 6.07) is 19.9. The largest absolute Gasteiger partial charge is 0.369 e. The molecular weight excluding hydrogens is 268 g/mol. The molecule has 2 aromatic carbocycles. The fraction of sp³-hybridized carbons (Fsp3) is 0. The zero-order valence-corrected chi connectivity index (χ0v) is 11.9. The summed E-state index contributed by atoms with van der Waals surface area (Å²) in [5.41, 5.74) is 3.63. The number of hydrogen-bond donors (Lipinski definition) is 2. The lowest BCUT2D eigenvalue weighted by atomic mass is 10.0. The second-order valence-electron chi connectivity index (χ2n) is 4.07. The third-order valence-corrected chi connectivity index (χ3v) is 2.98. The van der Waals surface area contributed by atoms with Gasteiger partial charge in [0.1, 0.15) is 11.4 Å². The summed E-state index contributed by atoms with van der Waals surface area (Å²) in [5.74, 6) is 0. The SMILES string of the molecule is S=c1nc(-c2ccccc2)c(-c2ccccc2)n[nH]1.[NH4+]. The highest BCUT2D eigenvalue weighted by atomic mass is 32.1. The maximum atomic E-state index is 5.08. The molecule has 4 nitrogen and oxygen atoms in total. The van der Waals surface area contributed by atoms with E-state index < -0.39 is 0 Å². The third kappa shape index (κ3) is 2.79. The van der Waals surface area contributed by atoms with Crippen LogP contribution in [0.25, 0.3) is 22.5 Å². The molecule has 1 aromatic heterocycles. The van der Waals surface area contributed by atoms with Crippen LogP contribution in [0.1, 0.15) is 0 Å². The zero-order chi connectivity index (χ0) is 13.1. The van der Waals surface area contributed by atoms with E-state index >= 15 is 0 Å². The Balaban J connectivity index is 0.00000147. The van der Waals surface area contributed by atoms with Crippen molar-refractivity contribution in [3.8, 4) is 22.5 Å². The molecular formula is C15H15N4S+. The molecule has 0 radical (unpaired) electrons. The second kappa shape index (κ2) is 6.18. The molecule has 5 heteroatoms. The van der Waals surface area contributed by atoms with Crippen LogP contribution in [-0.2, 0) is 0 Å². The molecule has 0 aliphatic rings. The van der Waals surface area contributed by atoms with Gasteiger partial charge in [0, 0.05) is 11.1 Å². The maximum Gasteiger partial charge on any atom is 0.214 e. The minimum absolute atomic E-state index is 0. The van der Waals surface area contributed by atoms with Crippen LogP contribution < -0.4 is 6.15 Å². The van der Waals surface area contributed by atoms with E-state index in [-0.39, 0.29) is 6.15 Å². The normalized spacial score (nSPS) is 9.80. The lowest BCUT2D eigenvalue weighted by molar-refractivity contribution is 0.961. The van der Waals surface area contributed by atoms with Gasteiger partial charge in [0.2, 0.25) is 4.77 Å². The summed E-state index contributed by atoms with van der Waals surface area (Å²) in [4.78, 5) is 4.42. The van der Waals surface area contributed by atoms with E-state index in [4.69, 9.17) is 12.2 Å². The minimum Gasteiger partial charge on any atom is -0.369 e. The smallest absolute Gasteiger partial charge is 0.214 e. The van der Waals surface area contributed by atoms with Gasteiger partial charge in [-0.25, -0.2) is 4.98 Å². The monoisotopic (exact) mass is 283 g/mol. The number of benzene rings is 2. The molecule has 0 amide bonds. The Kier molecular flexibility index (Phi) is 4.34. The molecule has 5 N–H and O–H groups in total. The Morgan fingerprint density at radius 2 is 1.25 bits per heavy atom. The van der Waals surface area contributed by atoms with Crippen molar-refractivity contribution in [3.05, 3.63) is 65.4 Å². The molecule has 0 spiro atoms. The van der Waals surface area contributed by atoms with Gasteiger partial charge in [-0.15, -0.1) is 0 Å². The second-order valence-corrected chi connectivity index (χ2v) is 4.46. The summed E-state index contributed by atoms with van der Waals surface area (Å²) in [5, 5.41) is 7.10. The van der Waals surface area contributed by atoms with Crippen molar-refractivity contribution in [2.24, 2.45) is 0 Å². The Morgan fingerprint density at radius 1 is 0.750 bits per heavy atom. The van der Waals surface area contributed by atoms with Crippen molar-refractivity contribution in [1.82, 2.24) is 21.3 Å². The quantitative estimate of drug-likeness (QED) is 0.690. The molecule has 100 valence electrons. The highest BCUT2D eigenvalue weighted by molar-refractivity contribution is 7.71. The van der Waals surface area contributed by atoms with Crippen LogP contribution in [0.2, 0.25) is 0 Å². The van der Waals surface area contributed by atoms with Crippen molar-refractivity contribution in [3.63, 3.8) is 0 Å². The van der Waals surface area contributed by atoms with E-state index in [2.05, 4.69) is 15.2 Å². The first-order valence-electron chi connectivity index (χ1n) is 5.92. The summed E-state index contributed by atoms with van der Waals surface area (Å²) >= 11 is 5.08. The van der Waals surface area contributed by atoms with Gasteiger partial charge in [-0.2, -0.15) is 5.10 Å². The summed E-state index contributed by atoms with van der Waals surface area (Å²) in [6.07, 6.45) is 0. The summed E-state index contributed by atoms with van der Waals surface area (Å²) < 4.78 is 0.388. The average Bonchev–Trinajstić information content (AvgIpc) is 2.49. The minimum atomic E-state index is 0. The van der Waals surface area contributed by atoms with Gasteiger partial charge in [0.05, 0.1) is 0 Å². The van der Waals surface area contributed by atoms with E-state index in [9.17, 15) is 0 Å². The van der Waals surface area contributed by atoms with Crippen LogP contribution in [0.15, 0.2) is 60.7 Å². The number of quaternary nitrogens is 1.